The van der Waals surface area contributed by atoms with Crippen molar-refractivity contribution >= 4 is 35.1 Å². The normalized spacial score (nSPS) is 12.9. The second-order valence-corrected chi connectivity index (χ2v) is 3.85. The van der Waals surface area contributed by atoms with Gasteiger partial charge in [0.15, 0.2) is 17.4 Å². The molecular weight excluding hydrogens is 228 g/mol. The summed E-state index contributed by atoms with van der Waals surface area (Å²) < 4.78 is 0.312. The van der Waals surface area contributed by atoms with Gasteiger partial charge in [-0.15, -0.1) is 0 Å². The first-order valence-corrected chi connectivity index (χ1v) is 5.14. The van der Waals surface area contributed by atoms with Crippen LogP contribution in [-0.2, 0) is 0 Å². The smallest absolute Gasteiger partial charge is 0.200 e. The summed E-state index contributed by atoms with van der Waals surface area (Å²) in [6.07, 6.45) is 0. The minimum atomic E-state index is -0.128. The molecule has 1 atom stereocenters. The summed E-state index contributed by atoms with van der Waals surface area (Å²) in [6.45, 7) is 1.82. The number of hydrogen-bond donors (Lipinski definition) is 5. The molecule has 0 spiro atoms. The van der Waals surface area contributed by atoms with E-state index in [1.165, 1.54) is 0 Å². The Morgan fingerprint density at radius 1 is 1.50 bits per heavy atom. The molecule has 0 bridgehead atoms. The van der Waals surface area contributed by atoms with Gasteiger partial charge in [-0.25, -0.2) is 4.98 Å². The molecule has 0 amide bonds. The summed E-state index contributed by atoms with van der Waals surface area (Å²) in [5, 5.41) is 12.0. The Labute approximate surface area is 96.1 Å². The lowest BCUT2D eigenvalue weighted by molar-refractivity contribution is 0.281. The fourth-order valence-electron chi connectivity index (χ4n) is 1.32. The molecule has 0 aliphatic heterocycles. The second-order valence-electron chi connectivity index (χ2n) is 3.46. The molecule has 0 saturated carbocycles. The largest absolute Gasteiger partial charge is 0.394 e. The first-order valence-electron chi connectivity index (χ1n) is 4.73. The van der Waals surface area contributed by atoms with E-state index in [0.29, 0.717) is 21.8 Å². The number of nitrogens with zero attached hydrogens (tertiary/aromatic N) is 2. The number of anilines is 2. The molecule has 0 aromatic carbocycles. The lowest BCUT2D eigenvalue weighted by Crippen LogP contribution is -2.20. The van der Waals surface area contributed by atoms with Crippen LogP contribution in [0.5, 0.6) is 0 Å². The summed E-state index contributed by atoms with van der Waals surface area (Å²) >= 11 is 4.96. The van der Waals surface area contributed by atoms with Gasteiger partial charge >= 0.3 is 0 Å². The number of rotatable bonds is 3. The zero-order chi connectivity index (χ0) is 11.7. The van der Waals surface area contributed by atoms with Crippen LogP contribution in [0.1, 0.15) is 6.92 Å². The molecule has 86 valence electrons. The maximum absolute atomic E-state index is 8.97. The van der Waals surface area contributed by atoms with Gasteiger partial charge in [-0.1, -0.05) is 0 Å². The van der Waals surface area contributed by atoms with Crippen molar-refractivity contribution in [1.82, 2.24) is 19.9 Å². The predicted molar refractivity (Wildman–Crippen MR) is 63.7 cm³/mol. The van der Waals surface area contributed by atoms with Crippen molar-refractivity contribution in [2.45, 2.75) is 13.0 Å². The molecule has 2 aromatic heterocycles. The molecule has 0 radical (unpaired) electrons. The van der Waals surface area contributed by atoms with Gasteiger partial charge in [0.05, 0.1) is 6.61 Å². The van der Waals surface area contributed by atoms with Gasteiger partial charge in [0.2, 0.25) is 4.77 Å². The second kappa shape index (κ2) is 4.06. The van der Waals surface area contributed by atoms with Crippen LogP contribution in [0.15, 0.2) is 0 Å². The van der Waals surface area contributed by atoms with Crippen LogP contribution in [0.3, 0.4) is 0 Å². The summed E-state index contributed by atoms with van der Waals surface area (Å²) in [5.74, 6) is 0.817. The number of hydrogen-bond acceptors (Lipinski definition) is 6. The van der Waals surface area contributed by atoms with Crippen LogP contribution in [-0.4, -0.2) is 37.7 Å². The average molecular weight is 240 g/mol. The molecule has 6 N–H and O–H groups in total. The molecular formula is C8H12N6OS. The summed E-state index contributed by atoms with van der Waals surface area (Å²) in [6, 6.07) is -0.128. The minimum absolute atomic E-state index is 0.00182. The van der Waals surface area contributed by atoms with Crippen LogP contribution in [0.25, 0.3) is 11.2 Å². The topological polar surface area (TPSA) is 116 Å². The number of nitrogen functional groups attached to an aromatic ring is 1. The Kier molecular flexibility index (Phi) is 2.75. The SMILES string of the molecule is C[C@H](CO)Nc1nc(=S)[nH]c2nc(N)[nH]c12. The van der Waals surface area contributed by atoms with E-state index in [4.69, 9.17) is 23.1 Å². The Balaban J connectivity index is 2.53. The first kappa shape index (κ1) is 10.8. The quantitative estimate of drug-likeness (QED) is 0.496. The number of imidazole rings is 1. The van der Waals surface area contributed by atoms with E-state index in [1.807, 2.05) is 6.92 Å². The molecule has 7 nitrogen and oxygen atoms in total. The third-order valence-electron chi connectivity index (χ3n) is 2.05. The zero-order valence-corrected chi connectivity index (χ0v) is 9.43. The van der Waals surface area contributed by atoms with Gasteiger partial charge in [0.25, 0.3) is 0 Å². The van der Waals surface area contributed by atoms with Crippen LogP contribution in [0, 0.1) is 4.77 Å². The Morgan fingerprint density at radius 2 is 2.25 bits per heavy atom. The number of aromatic amines is 2. The van der Waals surface area contributed by atoms with Gasteiger partial charge in [-0.05, 0) is 19.1 Å². The molecule has 16 heavy (non-hydrogen) atoms. The van der Waals surface area contributed by atoms with Crippen molar-refractivity contribution < 1.29 is 5.11 Å². The number of aliphatic hydroxyl groups is 1. The first-order chi connectivity index (χ1) is 7.60. The standard InChI is InChI=1S/C8H12N6OS/c1-3(2-15)10-5-4-6(12-7(9)11-4)14-8(16)13-5/h3,15H,2H2,1H3,(H5,9,10,11,12,13,14,16)/t3-/m1/s1. The summed E-state index contributed by atoms with van der Waals surface area (Å²) in [4.78, 5) is 13.8. The highest BCUT2D eigenvalue weighted by Crippen LogP contribution is 2.18. The maximum atomic E-state index is 8.97. The third kappa shape index (κ3) is 1.97. The molecule has 0 aliphatic carbocycles. The molecule has 2 rings (SSSR count). The number of H-pyrrole nitrogens is 2. The summed E-state index contributed by atoms with van der Waals surface area (Å²) in [5.41, 5.74) is 6.74. The fourth-order valence-corrected chi connectivity index (χ4v) is 1.51. The number of nitrogens with one attached hydrogen (secondary N) is 3. The van der Waals surface area contributed by atoms with Gasteiger partial charge < -0.3 is 26.1 Å². The maximum Gasteiger partial charge on any atom is 0.200 e. The van der Waals surface area contributed by atoms with Gasteiger partial charge in [-0.2, -0.15) is 4.98 Å². The number of nitrogens with two attached hydrogens (primary N) is 1. The summed E-state index contributed by atoms with van der Waals surface area (Å²) in [7, 11) is 0. The Hall–Kier alpha value is -1.67. The van der Waals surface area contributed by atoms with Crippen LogP contribution < -0.4 is 11.1 Å². The van der Waals surface area contributed by atoms with E-state index < -0.39 is 0 Å². The van der Waals surface area contributed by atoms with E-state index in [9.17, 15) is 0 Å². The van der Waals surface area contributed by atoms with Crippen molar-refractivity contribution in [2.75, 3.05) is 17.7 Å². The van der Waals surface area contributed by atoms with Crippen molar-refractivity contribution in [3.8, 4) is 0 Å². The molecule has 2 aromatic rings. The molecule has 8 heteroatoms. The van der Waals surface area contributed by atoms with Crippen LogP contribution in [0.4, 0.5) is 11.8 Å². The van der Waals surface area contributed by atoms with E-state index in [1.54, 1.807) is 0 Å². The van der Waals surface area contributed by atoms with Crippen LogP contribution >= 0.6 is 12.2 Å². The van der Waals surface area contributed by atoms with Crippen molar-refractivity contribution in [3.63, 3.8) is 0 Å². The van der Waals surface area contributed by atoms with E-state index in [2.05, 4.69) is 25.3 Å². The van der Waals surface area contributed by atoms with Crippen molar-refractivity contribution in [3.05, 3.63) is 4.77 Å². The minimum Gasteiger partial charge on any atom is -0.394 e. The lowest BCUT2D eigenvalue weighted by Gasteiger charge is -2.11. The molecule has 2 heterocycles. The zero-order valence-electron chi connectivity index (χ0n) is 8.61. The molecule has 0 unspecified atom stereocenters. The molecule has 0 fully saturated rings. The van der Waals surface area contributed by atoms with E-state index in [0.717, 1.165) is 0 Å². The highest BCUT2D eigenvalue weighted by atomic mass is 32.1. The van der Waals surface area contributed by atoms with Crippen LogP contribution in [0.2, 0.25) is 0 Å². The average Bonchev–Trinajstić information content (AvgIpc) is 2.58. The van der Waals surface area contributed by atoms with E-state index >= 15 is 0 Å². The van der Waals surface area contributed by atoms with Gasteiger partial charge in [0.1, 0.15) is 5.52 Å². The third-order valence-corrected chi connectivity index (χ3v) is 2.25. The highest BCUT2D eigenvalue weighted by molar-refractivity contribution is 7.71. The molecule has 0 aliphatic rings. The van der Waals surface area contributed by atoms with Crippen molar-refractivity contribution in [1.29, 1.82) is 0 Å². The van der Waals surface area contributed by atoms with Gasteiger partial charge in [0, 0.05) is 6.04 Å². The Bertz CT molecular complexity index is 561. The Morgan fingerprint density at radius 3 is 2.94 bits per heavy atom. The fraction of sp³-hybridized carbons (Fsp3) is 0.375. The van der Waals surface area contributed by atoms with E-state index in [-0.39, 0.29) is 18.6 Å². The lowest BCUT2D eigenvalue weighted by atomic mass is 10.3. The van der Waals surface area contributed by atoms with Gasteiger partial charge in [-0.3, -0.25) is 0 Å². The molecule has 0 saturated heterocycles. The number of aliphatic hydroxyl groups excluding tert-OH is 1. The van der Waals surface area contributed by atoms with Crippen molar-refractivity contribution in [2.24, 2.45) is 0 Å². The predicted octanol–water partition coefficient (Wildman–Crippen LogP) is 0.390. The number of aromatic nitrogens is 4. The number of fused-ring (bicyclic) bond motifs is 1. The monoisotopic (exact) mass is 240 g/mol. The highest BCUT2D eigenvalue weighted by Gasteiger charge is 2.10.